The highest BCUT2D eigenvalue weighted by atomic mass is 16.2. The van der Waals surface area contributed by atoms with E-state index >= 15 is 0 Å². The summed E-state index contributed by atoms with van der Waals surface area (Å²) in [5.74, 6) is -0.990. The van der Waals surface area contributed by atoms with Crippen molar-refractivity contribution in [3.8, 4) is 0 Å². The first-order chi connectivity index (χ1) is 14.9. The van der Waals surface area contributed by atoms with Crippen molar-refractivity contribution in [3.63, 3.8) is 0 Å². The molecule has 1 aliphatic rings. The van der Waals surface area contributed by atoms with Gasteiger partial charge in [-0.3, -0.25) is 19.4 Å². The molecule has 1 aromatic heterocycles. The number of aromatic nitrogens is 1. The number of hydrogen-bond donors (Lipinski definition) is 0. The van der Waals surface area contributed by atoms with Gasteiger partial charge in [-0.2, -0.15) is 0 Å². The fourth-order valence-corrected chi connectivity index (χ4v) is 3.78. The summed E-state index contributed by atoms with van der Waals surface area (Å²) >= 11 is 0. The normalized spacial score (nSPS) is 15.9. The molecule has 3 amide bonds. The Hall–Kier alpha value is -3.80. The molecular weight excluding hydrogens is 390 g/mol. The Balaban J connectivity index is 1.69. The van der Waals surface area contributed by atoms with Crippen LogP contribution in [-0.2, 0) is 16.1 Å². The Labute approximate surface area is 181 Å². The van der Waals surface area contributed by atoms with Crippen molar-refractivity contribution in [1.82, 2.24) is 9.88 Å². The van der Waals surface area contributed by atoms with Crippen molar-refractivity contribution >= 4 is 23.4 Å². The SMILES string of the molecule is Cc1ccc(N2C(=O)CC(N(Cc3cccnc3)C(=O)c3cccc(C)c3)C2=O)cc1. The zero-order chi connectivity index (χ0) is 22.0. The summed E-state index contributed by atoms with van der Waals surface area (Å²) in [7, 11) is 0. The van der Waals surface area contributed by atoms with E-state index in [2.05, 4.69) is 4.98 Å². The van der Waals surface area contributed by atoms with E-state index in [1.54, 1.807) is 42.7 Å². The lowest BCUT2D eigenvalue weighted by Crippen LogP contribution is -2.45. The van der Waals surface area contributed by atoms with Gasteiger partial charge in [0.1, 0.15) is 6.04 Å². The van der Waals surface area contributed by atoms with Gasteiger partial charge in [0.25, 0.3) is 11.8 Å². The van der Waals surface area contributed by atoms with E-state index in [1.165, 1.54) is 9.80 Å². The van der Waals surface area contributed by atoms with E-state index in [0.717, 1.165) is 16.7 Å². The number of aryl methyl sites for hydroxylation is 2. The van der Waals surface area contributed by atoms with Crippen LogP contribution in [0.3, 0.4) is 0 Å². The first-order valence-corrected chi connectivity index (χ1v) is 10.1. The van der Waals surface area contributed by atoms with Gasteiger partial charge in [0, 0.05) is 24.5 Å². The number of benzene rings is 2. The van der Waals surface area contributed by atoms with Gasteiger partial charge in [-0.25, -0.2) is 4.90 Å². The first-order valence-electron chi connectivity index (χ1n) is 10.1. The topological polar surface area (TPSA) is 70.6 Å². The standard InChI is InChI=1S/C25H23N3O3/c1-17-8-10-21(11-9-17)28-23(29)14-22(25(28)31)27(16-19-6-4-12-26-15-19)24(30)20-7-3-5-18(2)13-20/h3-13,15,22H,14,16H2,1-2H3. The van der Waals surface area contributed by atoms with E-state index in [4.69, 9.17) is 0 Å². The molecule has 0 aliphatic carbocycles. The first kappa shape index (κ1) is 20.5. The van der Waals surface area contributed by atoms with Crippen molar-refractivity contribution in [3.05, 3.63) is 95.3 Å². The molecule has 2 heterocycles. The number of hydrogen-bond acceptors (Lipinski definition) is 4. The number of imide groups is 1. The Morgan fingerprint density at radius 2 is 1.81 bits per heavy atom. The van der Waals surface area contributed by atoms with Crippen LogP contribution < -0.4 is 4.90 Å². The summed E-state index contributed by atoms with van der Waals surface area (Å²) in [6.45, 7) is 4.04. The molecule has 2 aromatic carbocycles. The van der Waals surface area contributed by atoms with Gasteiger partial charge >= 0.3 is 0 Å². The second kappa shape index (κ2) is 8.52. The molecule has 31 heavy (non-hydrogen) atoms. The van der Waals surface area contributed by atoms with Crippen LogP contribution >= 0.6 is 0 Å². The van der Waals surface area contributed by atoms with Crippen LogP contribution in [0.4, 0.5) is 5.69 Å². The monoisotopic (exact) mass is 413 g/mol. The molecule has 1 saturated heterocycles. The van der Waals surface area contributed by atoms with Crippen molar-refractivity contribution in [2.75, 3.05) is 4.90 Å². The van der Waals surface area contributed by atoms with E-state index in [0.29, 0.717) is 11.3 Å². The molecule has 156 valence electrons. The van der Waals surface area contributed by atoms with Crippen molar-refractivity contribution in [1.29, 1.82) is 0 Å². The molecule has 1 aliphatic heterocycles. The Bertz CT molecular complexity index is 1130. The molecule has 4 rings (SSSR count). The smallest absolute Gasteiger partial charge is 0.257 e. The molecule has 0 radical (unpaired) electrons. The van der Waals surface area contributed by atoms with E-state index in [9.17, 15) is 14.4 Å². The lowest BCUT2D eigenvalue weighted by molar-refractivity contribution is -0.122. The number of carbonyl (C=O) groups excluding carboxylic acids is 3. The summed E-state index contributed by atoms with van der Waals surface area (Å²) in [6, 6.07) is 17.2. The molecule has 1 atom stereocenters. The maximum Gasteiger partial charge on any atom is 0.257 e. The maximum atomic E-state index is 13.5. The van der Waals surface area contributed by atoms with Crippen LogP contribution in [0.15, 0.2) is 73.1 Å². The lowest BCUT2D eigenvalue weighted by Gasteiger charge is -2.28. The van der Waals surface area contributed by atoms with Crippen LogP contribution in [0.25, 0.3) is 0 Å². The third-order valence-corrected chi connectivity index (χ3v) is 5.39. The highest BCUT2D eigenvalue weighted by Crippen LogP contribution is 2.28. The summed E-state index contributed by atoms with van der Waals surface area (Å²) in [6.07, 6.45) is 3.26. The molecule has 1 unspecified atom stereocenters. The second-order valence-corrected chi connectivity index (χ2v) is 7.79. The molecule has 0 saturated carbocycles. The number of nitrogens with zero attached hydrogens (tertiary/aromatic N) is 3. The fraction of sp³-hybridized carbons (Fsp3) is 0.200. The third kappa shape index (κ3) is 4.23. The van der Waals surface area contributed by atoms with E-state index in [1.807, 2.05) is 44.2 Å². The molecule has 6 nitrogen and oxygen atoms in total. The van der Waals surface area contributed by atoms with Crippen molar-refractivity contribution < 1.29 is 14.4 Å². The molecule has 6 heteroatoms. The Morgan fingerprint density at radius 1 is 1.03 bits per heavy atom. The average molecular weight is 413 g/mol. The minimum absolute atomic E-state index is 0.0511. The van der Waals surface area contributed by atoms with Gasteiger partial charge in [-0.15, -0.1) is 0 Å². The van der Waals surface area contributed by atoms with Crippen LogP contribution in [0.5, 0.6) is 0 Å². The van der Waals surface area contributed by atoms with Gasteiger partial charge in [0.15, 0.2) is 0 Å². The van der Waals surface area contributed by atoms with Gasteiger partial charge in [0.2, 0.25) is 5.91 Å². The zero-order valence-electron chi connectivity index (χ0n) is 17.5. The number of amides is 3. The Kier molecular flexibility index (Phi) is 5.62. The highest BCUT2D eigenvalue weighted by molar-refractivity contribution is 6.23. The second-order valence-electron chi connectivity index (χ2n) is 7.79. The summed E-state index contributed by atoms with van der Waals surface area (Å²) in [5, 5.41) is 0. The highest BCUT2D eigenvalue weighted by Gasteiger charge is 2.44. The largest absolute Gasteiger partial charge is 0.322 e. The summed E-state index contributed by atoms with van der Waals surface area (Å²) in [4.78, 5) is 46.4. The average Bonchev–Trinajstić information content (AvgIpc) is 3.06. The predicted octanol–water partition coefficient (Wildman–Crippen LogP) is 3.67. The molecule has 3 aromatic rings. The predicted molar refractivity (Wildman–Crippen MR) is 117 cm³/mol. The van der Waals surface area contributed by atoms with Crippen LogP contribution in [0.1, 0.15) is 33.5 Å². The number of anilines is 1. The van der Waals surface area contributed by atoms with Crippen LogP contribution in [0, 0.1) is 13.8 Å². The summed E-state index contributed by atoms with van der Waals surface area (Å²) < 4.78 is 0. The van der Waals surface area contributed by atoms with Crippen molar-refractivity contribution in [2.45, 2.75) is 32.9 Å². The van der Waals surface area contributed by atoms with Crippen LogP contribution in [-0.4, -0.2) is 33.6 Å². The minimum atomic E-state index is -0.873. The van der Waals surface area contributed by atoms with E-state index in [-0.39, 0.29) is 24.8 Å². The number of carbonyl (C=O) groups is 3. The molecule has 0 bridgehead atoms. The molecule has 0 N–H and O–H groups in total. The minimum Gasteiger partial charge on any atom is -0.322 e. The Morgan fingerprint density at radius 3 is 2.48 bits per heavy atom. The van der Waals surface area contributed by atoms with Gasteiger partial charge in [-0.05, 0) is 49.7 Å². The summed E-state index contributed by atoms with van der Waals surface area (Å²) in [5.41, 5.74) is 3.78. The maximum absolute atomic E-state index is 13.5. The quantitative estimate of drug-likeness (QED) is 0.599. The third-order valence-electron chi connectivity index (χ3n) is 5.39. The van der Waals surface area contributed by atoms with Crippen LogP contribution in [0.2, 0.25) is 0 Å². The molecule has 0 spiro atoms. The van der Waals surface area contributed by atoms with Crippen molar-refractivity contribution in [2.24, 2.45) is 0 Å². The van der Waals surface area contributed by atoms with Gasteiger partial charge < -0.3 is 4.90 Å². The zero-order valence-corrected chi connectivity index (χ0v) is 17.5. The van der Waals surface area contributed by atoms with Gasteiger partial charge in [0.05, 0.1) is 12.1 Å². The lowest BCUT2D eigenvalue weighted by atomic mass is 10.1. The van der Waals surface area contributed by atoms with E-state index < -0.39 is 11.9 Å². The number of rotatable bonds is 5. The fourth-order valence-electron chi connectivity index (χ4n) is 3.78. The number of pyridine rings is 1. The molecule has 1 fully saturated rings. The van der Waals surface area contributed by atoms with Gasteiger partial charge in [-0.1, -0.05) is 41.5 Å². The molecular formula is C25H23N3O3.